The van der Waals surface area contributed by atoms with Gasteiger partial charge in [0.05, 0.1) is 5.02 Å². The lowest BCUT2D eigenvalue weighted by Gasteiger charge is -2.36. The first-order valence-electron chi connectivity index (χ1n) is 13.3. The predicted octanol–water partition coefficient (Wildman–Crippen LogP) is 6.66. The van der Waals surface area contributed by atoms with Crippen molar-refractivity contribution in [3.05, 3.63) is 88.2 Å². The maximum atomic E-state index is 13.5. The van der Waals surface area contributed by atoms with E-state index in [1.807, 2.05) is 55.5 Å². The molecule has 1 unspecified atom stereocenters. The van der Waals surface area contributed by atoms with Crippen molar-refractivity contribution in [2.45, 2.75) is 32.1 Å². The van der Waals surface area contributed by atoms with E-state index >= 15 is 0 Å². The summed E-state index contributed by atoms with van der Waals surface area (Å²) in [5.41, 5.74) is 3.45. The number of hydrogen-bond donors (Lipinski definition) is 3. The van der Waals surface area contributed by atoms with Crippen LogP contribution in [-0.4, -0.2) is 44.9 Å². The van der Waals surface area contributed by atoms with Gasteiger partial charge < -0.3 is 10.6 Å². The molecule has 1 fully saturated rings. The molecular weight excluding hydrogens is 574 g/mol. The number of nitrogens with one attached hydrogen (secondary N) is 3. The molecule has 3 aromatic carbocycles. The average Bonchev–Trinajstić information content (AvgIpc) is 2.95. The van der Waals surface area contributed by atoms with E-state index in [2.05, 4.69) is 15.4 Å². The van der Waals surface area contributed by atoms with Crippen molar-refractivity contribution in [1.29, 1.82) is 0 Å². The van der Waals surface area contributed by atoms with Crippen molar-refractivity contribution in [3.8, 4) is 11.1 Å². The van der Waals surface area contributed by atoms with Crippen LogP contribution in [0.5, 0.6) is 0 Å². The first-order chi connectivity index (χ1) is 19.2. The molecule has 2 amide bonds. The second-order valence-corrected chi connectivity index (χ2v) is 12.4. The van der Waals surface area contributed by atoms with Crippen LogP contribution in [0.25, 0.3) is 11.1 Å². The first-order valence-corrected chi connectivity index (χ1v) is 15.5. The Bertz CT molecular complexity index is 1420. The smallest absolute Gasteiger partial charge is 0.319 e. The zero-order valence-electron chi connectivity index (χ0n) is 22.2. The van der Waals surface area contributed by atoms with Crippen molar-refractivity contribution in [3.63, 3.8) is 0 Å². The summed E-state index contributed by atoms with van der Waals surface area (Å²) < 4.78 is 42.9. The number of carbonyl (C=O) groups excluding carboxylic acids is 1. The molecule has 0 bridgehead atoms. The topological polar surface area (TPSA) is 90.5 Å². The van der Waals surface area contributed by atoms with Gasteiger partial charge in [0, 0.05) is 42.8 Å². The molecule has 1 aliphatic rings. The van der Waals surface area contributed by atoms with Crippen LogP contribution >= 0.6 is 23.2 Å². The molecule has 1 atom stereocenters. The molecule has 0 aromatic heterocycles. The fraction of sp³-hybridized carbons (Fsp3) is 0.345. The van der Waals surface area contributed by atoms with Crippen molar-refractivity contribution >= 4 is 45.1 Å². The SMILES string of the molecule is CCCNS(=O)(=O)N1CCC(C(CNC(=O)Nc2ccc(F)c(Cl)c2)c2ccc(-c3cccc(Cl)c3)cc2)CC1. The molecule has 0 aliphatic carbocycles. The maximum absolute atomic E-state index is 13.5. The van der Waals surface area contributed by atoms with Crippen molar-refractivity contribution in [2.75, 3.05) is 31.5 Å². The van der Waals surface area contributed by atoms with Crippen LogP contribution in [-0.2, 0) is 10.2 Å². The number of urea groups is 1. The van der Waals surface area contributed by atoms with Crippen molar-refractivity contribution in [1.82, 2.24) is 14.3 Å². The molecule has 0 radical (unpaired) electrons. The Labute approximate surface area is 245 Å². The Kier molecular flexibility index (Phi) is 10.4. The van der Waals surface area contributed by atoms with Crippen LogP contribution in [0.3, 0.4) is 0 Å². The molecule has 40 heavy (non-hydrogen) atoms. The van der Waals surface area contributed by atoms with E-state index < -0.39 is 22.1 Å². The summed E-state index contributed by atoms with van der Waals surface area (Å²) in [6, 6.07) is 19.3. The maximum Gasteiger partial charge on any atom is 0.319 e. The zero-order chi connectivity index (χ0) is 28.7. The van der Waals surface area contributed by atoms with Gasteiger partial charge in [-0.2, -0.15) is 12.7 Å². The fourth-order valence-electron chi connectivity index (χ4n) is 4.94. The number of piperidine rings is 1. The number of amides is 2. The summed E-state index contributed by atoms with van der Waals surface area (Å²) in [5.74, 6) is -0.466. The average molecular weight is 608 g/mol. The Morgan fingerprint density at radius 1 is 1.02 bits per heavy atom. The van der Waals surface area contributed by atoms with E-state index in [0.717, 1.165) is 23.1 Å². The number of halogens is 3. The summed E-state index contributed by atoms with van der Waals surface area (Å²) in [6.07, 6.45) is 2.04. The van der Waals surface area contributed by atoms with Crippen LogP contribution in [0.4, 0.5) is 14.9 Å². The third kappa shape index (κ3) is 7.95. The molecule has 214 valence electrons. The third-order valence-electron chi connectivity index (χ3n) is 7.10. The molecule has 7 nitrogen and oxygen atoms in total. The summed E-state index contributed by atoms with van der Waals surface area (Å²) in [5, 5.41) is 6.21. The molecule has 0 spiro atoms. The molecule has 3 aromatic rings. The number of rotatable bonds is 10. The standard InChI is InChI=1S/C29H33Cl2FN4O3S/c1-2-14-34-40(38,39)36-15-12-22(13-16-36)26(19-33-29(37)35-25-10-11-28(32)27(31)18-25)21-8-6-20(7-9-21)23-4-3-5-24(30)17-23/h3-11,17-18,22,26,34H,2,12-16,19H2,1H3,(H2,33,35,37). The Morgan fingerprint density at radius 3 is 2.40 bits per heavy atom. The Balaban J connectivity index is 1.49. The molecule has 3 N–H and O–H groups in total. The van der Waals surface area contributed by atoms with Crippen molar-refractivity contribution in [2.24, 2.45) is 5.92 Å². The number of carbonyl (C=O) groups is 1. The summed E-state index contributed by atoms with van der Waals surface area (Å²) in [7, 11) is -3.51. The van der Waals surface area contributed by atoms with Crippen LogP contribution in [0, 0.1) is 11.7 Å². The highest BCUT2D eigenvalue weighted by molar-refractivity contribution is 7.87. The van der Waals surface area contributed by atoms with E-state index in [1.165, 1.54) is 22.5 Å². The van der Waals surface area contributed by atoms with Gasteiger partial charge in [-0.3, -0.25) is 0 Å². The molecule has 1 heterocycles. The first kappa shape index (κ1) is 30.3. The van der Waals surface area contributed by atoms with Gasteiger partial charge >= 0.3 is 6.03 Å². The lowest BCUT2D eigenvalue weighted by molar-refractivity contribution is 0.232. The van der Waals surface area contributed by atoms with Gasteiger partial charge in [0.2, 0.25) is 0 Å². The van der Waals surface area contributed by atoms with Crippen LogP contribution in [0.1, 0.15) is 37.7 Å². The molecule has 1 saturated heterocycles. The van der Waals surface area contributed by atoms with Crippen LogP contribution in [0.15, 0.2) is 66.7 Å². The van der Waals surface area contributed by atoms with Gasteiger partial charge in [-0.25, -0.2) is 13.9 Å². The number of benzene rings is 3. The van der Waals surface area contributed by atoms with E-state index in [-0.39, 0.29) is 16.9 Å². The molecule has 1 aliphatic heterocycles. The van der Waals surface area contributed by atoms with Gasteiger partial charge in [0.1, 0.15) is 5.82 Å². The lowest BCUT2D eigenvalue weighted by Crippen LogP contribution is -2.46. The van der Waals surface area contributed by atoms with E-state index in [1.54, 1.807) is 0 Å². The number of hydrogen-bond acceptors (Lipinski definition) is 3. The summed E-state index contributed by atoms with van der Waals surface area (Å²) >= 11 is 12.0. The summed E-state index contributed by atoms with van der Waals surface area (Å²) in [4.78, 5) is 12.7. The highest BCUT2D eigenvalue weighted by atomic mass is 35.5. The molecular formula is C29H33Cl2FN4O3S. The molecule has 4 rings (SSSR count). The van der Waals surface area contributed by atoms with Gasteiger partial charge in [0.15, 0.2) is 0 Å². The van der Waals surface area contributed by atoms with Crippen molar-refractivity contribution < 1.29 is 17.6 Å². The minimum Gasteiger partial charge on any atom is -0.337 e. The highest BCUT2D eigenvalue weighted by Gasteiger charge is 2.32. The van der Waals surface area contributed by atoms with E-state index in [9.17, 15) is 17.6 Å². The zero-order valence-corrected chi connectivity index (χ0v) is 24.5. The van der Waals surface area contributed by atoms with Gasteiger partial charge in [0.25, 0.3) is 10.2 Å². The highest BCUT2D eigenvalue weighted by Crippen LogP contribution is 2.34. The normalized spacial score (nSPS) is 15.5. The molecule has 11 heteroatoms. The minimum absolute atomic E-state index is 0.0515. The quantitative estimate of drug-likeness (QED) is 0.241. The van der Waals surface area contributed by atoms with E-state index in [4.69, 9.17) is 23.2 Å². The Hall–Kier alpha value is -2.69. The minimum atomic E-state index is -3.51. The second kappa shape index (κ2) is 13.8. The third-order valence-corrected chi connectivity index (χ3v) is 9.24. The van der Waals surface area contributed by atoms with E-state index in [0.29, 0.717) is 49.7 Å². The largest absolute Gasteiger partial charge is 0.337 e. The van der Waals surface area contributed by atoms with Gasteiger partial charge in [-0.15, -0.1) is 0 Å². The lowest BCUT2D eigenvalue weighted by atomic mass is 9.80. The predicted molar refractivity (Wildman–Crippen MR) is 160 cm³/mol. The molecule has 0 saturated carbocycles. The summed E-state index contributed by atoms with van der Waals surface area (Å²) in [6.45, 7) is 3.47. The second-order valence-electron chi connectivity index (χ2n) is 9.84. The Morgan fingerprint density at radius 2 is 1.75 bits per heavy atom. The van der Waals surface area contributed by atoms with Gasteiger partial charge in [-0.05, 0) is 72.2 Å². The number of anilines is 1. The van der Waals surface area contributed by atoms with Crippen LogP contribution in [0.2, 0.25) is 10.0 Å². The fourth-order valence-corrected chi connectivity index (χ4v) is 6.65. The monoisotopic (exact) mass is 606 g/mol. The number of nitrogens with zero attached hydrogens (tertiary/aromatic N) is 1. The van der Waals surface area contributed by atoms with Gasteiger partial charge in [-0.1, -0.05) is 66.5 Å². The van der Waals surface area contributed by atoms with Crippen LogP contribution < -0.4 is 15.4 Å².